The van der Waals surface area contributed by atoms with E-state index in [1.54, 1.807) is 11.3 Å². The molecule has 3 N–H and O–H groups in total. The number of anilines is 1. The van der Waals surface area contributed by atoms with E-state index in [0.717, 1.165) is 17.2 Å². The van der Waals surface area contributed by atoms with Gasteiger partial charge in [-0.15, -0.1) is 11.3 Å². The van der Waals surface area contributed by atoms with E-state index < -0.39 is 0 Å². The van der Waals surface area contributed by atoms with Gasteiger partial charge in [0.25, 0.3) is 0 Å². The highest BCUT2D eigenvalue weighted by atomic mass is 32.1. The minimum atomic E-state index is 0.289. The second kappa shape index (κ2) is 5.09. The van der Waals surface area contributed by atoms with Crippen molar-refractivity contribution in [3.63, 3.8) is 0 Å². The second-order valence-corrected chi connectivity index (χ2v) is 4.64. The Morgan fingerprint density at radius 3 is 2.75 bits per heavy atom. The molecule has 0 fully saturated rings. The van der Waals surface area contributed by atoms with Gasteiger partial charge in [0, 0.05) is 23.8 Å². The van der Waals surface area contributed by atoms with Gasteiger partial charge in [-0.2, -0.15) is 0 Å². The van der Waals surface area contributed by atoms with E-state index in [9.17, 15) is 0 Å². The number of nitrogens with two attached hydrogens (primary N) is 1. The first-order valence-corrected chi connectivity index (χ1v) is 6.11. The summed E-state index contributed by atoms with van der Waals surface area (Å²) in [6.07, 6.45) is 1.83. The SMILES string of the molecule is CC(NCc1ccc(N)cc1)c1nccs1. The summed E-state index contributed by atoms with van der Waals surface area (Å²) >= 11 is 1.68. The van der Waals surface area contributed by atoms with Crippen molar-refractivity contribution in [1.82, 2.24) is 10.3 Å². The lowest BCUT2D eigenvalue weighted by Crippen LogP contribution is -2.17. The first kappa shape index (κ1) is 11.1. The summed E-state index contributed by atoms with van der Waals surface area (Å²) < 4.78 is 0. The molecule has 0 radical (unpaired) electrons. The van der Waals surface area contributed by atoms with Crippen molar-refractivity contribution >= 4 is 17.0 Å². The van der Waals surface area contributed by atoms with Crippen molar-refractivity contribution in [3.05, 3.63) is 46.4 Å². The summed E-state index contributed by atoms with van der Waals surface area (Å²) in [5.74, 6) is 0. The van der Waals surface area contributed by atoms with Gasteiger partial charge >= 0.3 is 0 Å². The van der Waals surface area contributed by atoms with Crippen LogP contribution >= 0.6 is 11.3 Å². The molecule has 0 amide bonds. The van der Waals surface area contributed by atoms with Gasteiger partial charge in [-0.05, 0) is 24.6 Å². The molecule has 3 nitrogen and oxygen atoms in total. The first-order chi connectivity index (χ1) is 7.75. The Morgan fingerprint density at radius 1 is 1.38 bits per heavy atom. The lowest BCUT2D eigenvalue weighted by atomic mass is 10.2. The number of rotatable bonds is 4. The lowest BCUT2D eigenvalue weighted by Gasteiger charge is -2.11. The molecule has 1 atom stereocenters. The van der Waals surface area contributed by atoms with E-state index in [0.29, 0.717) is 0 Å². The molecule has 84 valence electrons. The van der Waals surface area contributed by atoms with Crippen molar-refractivity contribution in [3.8, 4) is 0 Å². The Labute approximate surface area is 99.3 Å². The molecule has 0 spiro atoms. The highest BCUT2D eigenvalue weighted by Crippen LogP contribution is 2.15. The topological polar surface area (TPSA) is 50.9 Å². The average Bonchev–Trinajstić information content (AvgIpc) is 2.81. The molecule has 1 aromatic carbocycles. The Hall–Kier alpha value is -1.39. The van der Waals surface area contributed by atoms with Crippen molar-refractivity contribution in [2.45, 2.75) is 19.5 Å². The normalized spacial score (nSPS) is 12.6. The van der Waals surface area contributed by atoms with Gasteiger partial charge in [-0.25, -0.2) is 4.98 Å². The van der Waals surface area contributed by atoms with Gasteiger partial charge in [-0.3, -0.25) is 0 Å². The molecule has 4 heteroatoms. The van der Waals surface area contributed by atoms with Gasteiger partial charge in [0.05, 0.1) is 6.04 Å². The summed E-state index contributed by atoms with van der Waals surface area (Å²) in [6, 6.07) is 8.21. The molecule has 2 aromatic rings. The summed E-state index contributed by atoms with van der Waals surface area (Å²) in [7, 11) is 0. The van der Waals surface area contributed by atoms with Crippen molar-refractivity contribution in [2.24, 2.45) is 0 Å². The number of nitrogens with one attached hydrogen (secondary N) is 1. The van der Waals surface area contributed by atoms with Crippen LogP contribution in [-0.4, -0.2) is 4.98 Å². The second-order valence-electron chi connectivity index (χ2n) is 3.71. The number of nitrogen functional groups attached to an aromatic ring is 1. The van der Waals surface area contributed by atoms with Crippen LogP contribution < -0.4 is 11.1 Å². The summed E-state index contributed by atoms with van der Waals surface area (Å²) in [5, 5.41) is 6.55. The van der Waals surface area contributed by atoms with Crippen LogP contribution in [0, 0.1) is 0 Å². The van der Waals surface area contributed by atoms with Crippen molar-refractivity contribution in [2.75, 3.05) is 5.73 Å². The Bertz CT molecular complexity index is 422. The maximum atomic E-state index is 5.63. The molecule has 1 unspecified atom stereocenters. The molecule has 0 saturated heterocycles. The Morgan fingerprint density at radius 2 is 2.12 bits per heavy atom. The standard InChI is InChI=1S/C12H15N3S/c1-9(12-14-6-7-16-12)15-8-10-2-4-11(13)5-3-10/h2-7,9,15H,8,13H2,1H3. The van der Waals surface area contributed by atoms with E-state index in [2.05, 4.69) is 17.2 Å². The monoisotopic (exact) mass is 233 g/mol. The van der Waals surface area contributed by atoms with Crippen molar-refractivity contribution in [1.29, 1.82) is 0 Å². The number of hydrogen-bond donors (Lipinski definition) is 2. The molecule has 1 aromatic heterocycles. The van der Waals surface area contributed by atoms with Gasteiger partial charge < -0.3 is 11.1 Å². The number of thiazole rings is 1. The molecule has 0 aliphatic carbocycles. The molecule has 0 saturated carbocycles. The number of hydrogen-bond acceptors (Lipinski definition) is 4. The zero-order chi connectivity index (χ0) is 11.4. The van der Waals surface area contributed by atoms with Gasteiger partial charge in [0.15, 0.2) is 0 Å². The molecule has 2 rings (SSSR count). The van der Waals surface area contributed by atoms with Gasteiger partial charge in [-0.1, -0.05) is 12.1 Å². The van der Waals surface area contributed by atoms with Crippen LogP contribution in [0.5, 0.6) is 0 Å². The predicted molar refractivity (Wildman–Crippen MR) is 68.2 cm³/mol. The fourth-order valence-corrected chi connectivity index (χ4v) is 2.11. The third-order valence-corrected chi connectivity index (χ3v) is 3.37. The Balaban J connectivity index is 1.90. The van der Waals surface area contributed by atoms with Crippen LogP contribution in [-0.2, 0) is 6.54 Å². The van der Waals surface area contributed by atoms with E-state index in [4.69, 9.17) is 5.73 Å². The Kier molecular flexibility index (Phi) is 3.54. The minimum Gasteiger partial charge on any atom is -0.399 e. The van der Waals surface area contributed by atoms with Crippen LogP contribution in [0.1, 0.15) is 23.5 Å². The van der Waals surface area contributed by atoms with Crippen LogP contribution in [0.15, 0.2) is 35.8 Å². The third-order valence-electron chi connectivity index (χ3n) is 2.41. The molecule has 0 aliphatic heterocycles. The van der Waals surface area contributed by atoms with Gasteiger partial charge in [0.2, 0.25) is 0 Å². The summed E-state index contributed by atoms with van der Waals surface area (Å²) in [4.78, 5) is 4.28. The number of nitrogens with zero attached hydrogens (tertiary/aromatic N) is 1. The maximum Gasteiger partial charge on any atom is 0.109 e. The molecular weight excluding hydrogens is 218 g/mol. The van der Waals surface area contributed by atoms with E-state index in [1.165, 1.54) is 5.56 Å². The van der Waals surface area contributed by atoms with Crippen molar-refractivity contribution < 1.29 is 0 Å². The van der Waals surface area contributed by atoms with Gasteiger partial charge in [0.1, 0.15) is 5.01 Å². The lowest BCUT2D eigenvalue weighted by molar-refractivity contribution is 0.572. The fraction of sp³-hybridized carbons (Fsp3) is 0.250. The van der Waals surface area contributed by atoms with Crippen LogP contribution in [0.25, 0.3) is 0 Å². The van der Waals surface area contributed by atoms with Crippen LogP contribution in [0.3, 0.4) is 0 Å². The van der Waals surface area contributed by atoms with E-state index in [-0.39, 0.29) is 6.04 Å². The third kappa shape index (κ3) is 2.81. The zero-order valence-electron chi connectivity index (χ0n) is 9.18. The smallest absolute Gasteiger partial charge is 0.109 e. The molecule has 0 aliphatic rings. The van der Waals surface area contributed by atoms with E-state index >= 15 is 0 Å². The minimum absolute atomic E-state index is 0.289. The maximum absolute atomic E-state index is 5.63. The quantitative estimate of drug-likeness (QED) is 0.798. The van der Waals surface area contributed by atoms with Crippen LogP contribution in [0.2, 0.25) is 0 Å². The molecular formula is C12H15N3S. The number of aromatic nitrogens is 1. The predicted octanol–water partition coefficient (Wildman–Crippen LogP) is 2.58. The number of benzene rings is 1. The van der Waals surface area contributed by atoms with Crippen LogP contribution in [0.4, 0.5) is 5.69 Å². The highest BCUT2D eigenvalue weighted by Gasteiger charge is 2.06. The fourth-order valence-electron chi connectivity index (χ4n) is 1.44. The van der Waals surface area contributed by atoms with E-state index in [1.807, 2.05) is 35.8 Å². The highest BCUT2D eigenvalue weighted by molar-refractivity contribution is 7.09. The zero-order valence-corrected chi connectivity index (χ0v) is 10.00. The molecule has 1 heterocycles. The molecule has 0 bridgehead atoms. The molecule has 16 heavy (non-hydrogen) atoms. The largest absolute Gasteiger partial charge is 0.399 e. The average molecular weight is 233 g/mol. The summed E-state index contributed by atoms with van der Waals surface area (Å²) in [6.45, 7) is 2.96. The first-order valence-electron chi connectivity index (χ1n) is 5.23. The summed E-state index contributed by atoms with van der Waals surface area (Å²) in [5.41, 5.74) is 7.67.